The first-order valence-corrected chi connectivity index (χ1v) is 8.70. The molecule has 4 N–H and O–H groups in total. The number of thioether (sulfide) groups is 1. The monoisotopic (exact) mass is 336 g/mol. The van der Waals surface area contributed by atoms with Crippen LogP contribution in [0.15, 0.2) is 12.7 Å². The minimum atomic E-state index is -0.304. The Labute approximate surface area is 137 Å². The summed E-state index contributed by atoms with van der Waals surface area (Å²) in [4.78, 5) is 24.7. The van der Waals surface area contributed by atoms with Crippen LogP contribution in [0, 0.1) is 0 Å². The molecule has 1 aliphatic heterocycles. The van der Waals surface area contributed by atoms with Gasteiger partial charge in [0.05, 0.1) is 6.33 Å². The minimum absolute atomic E-state index is 0.0721. The van der Waals surface area contributed by atoms with E-state index >= 15 is 0 Å². The number of anilines is 1. The number of nitrogens with zero attached hydrogens (tertiary/aromatic N) is 4. The van der Waals surface area contributed by atoms with E-state index in [2.05, 4.69) is 20.3 Å². The maximum Gasteiger partial charge on any atom is 0.240 e. The summed E-state index contributed by atoms with van der Waals surface area (Å²) < 4.78 is 1.66. The smallest absolute Gasteiger partial charge is 0.240 e. The predicted octanol–water partition coefficient (Wildman–Crippen LogP) is 0.173. The van der Waals surface area contributed by atoms with Crippen molar-refractivity contribution in [2.24, 2.45) is 0 Å². The van der Waals surface area contributed by atoms with E-state index in [0.717, 1.165) is 24.3 Å². The molecule has 1 amide bonds. The molecule has 124 valence electrons. The van der Waals surface area contributed by atoms with Crippen LogP contribution < -0.4 is 11.1 Å². The maximum absolute atomic E-state index is 12.5. The lowest BCUT2D eigenvalue weighted by Crippen LogP contribution is -2.52. The number of hydrogen-bond donors (Lipinski definition) is 3. The Kier molecular flexibility index (Phi) is 4.67. The van der Waals surface area contributed by atoms with Gasteiger partial charge >= 0.3 is 0 Å². The van der Waals surface area contributed by atoms with Gasteiger partial charge < -0.3 is 20.7 Å². The van der Waals surface area contributed by atoms with Crippen molar-refractivity contribution in [2.45, 2.75) is 31.3 Å². The minimum Gasteiger partial charge on any atom is -0.396 e. The van der Waals surface area contributed by atoms with E-state index in [1.165, 1.54) is 6.33 Å². The topological polar surface area (TPSA) is 119 Å². The number of aromatic nitrogens is 4. The van der Waals surface area contributed by atoms with Crippen molar-refractivity contribution in [1.29, 1.82) is 0 Å². The quantitative estimate of drug-likeness (QED) is 0.712. The van der Waals surface area contributed by atoms with Gasteiger partial charge in [0, 0.05) is 12.1 Å². The lowest BCUT2D eigenvalue weighted by atomic mass is 9.88. The van der Waals surface area contributed by atoms with Gasteiger partial charge in [0.15, 0.2) is 11.5 Å². The number of nitrogens with two attached hydrogens (primary N) is 1. The van der Waals surface area contributed by atoms with Crippen LogP contribution >= 0.6 is 11.8 Å². The Morgan fingerprint density at radius 2 is 2.17 bits per heavy atom. The number of fused-ring (bicyclic) bond motifs is 1. The van der Waals surface area contributed by atoms with Crippen molar-refractivity contribution in [3.63, 3.8) is 0 Å². The highest BCUT2D eigenvalue weighted by molar-refractivity contribution is 7.99. The molecule has 1 fully saturated rings. The van der Waals surface area contributed by atoms with Crippen molar-refractivity contribution in [3.05, 3.63) is 12.7 Å². The van der Waals surface area contributed by atoms with Gasteiger partial charge in [0.1, 0.15) is 18.4 Å². The zero-order valence-corrected chi connectivity index (χ0v) is 13.6. The van der Waals surface area contributed by atoms with E-state index in [-0.39, 0.29) is 24.6 Å². The van der Waals surface area contributed by atoms with Crippen molar-refractivity contribution in [3.8, 4) is 0 Å². The van der Waals surface area contributed by atoms with Crippen LogP contribution in [-0.4, -0.2) is 54.2 Å². The average Bonchev–Trinajstić information content (AvgIpc) is 2.93. The number of aliphatic hydroxyl groups excluding tert-OH is 1. The molecule has 0 aliphatic carbocycles. The van der Waals surface area contributed by atoms with Crippen LogP contribution in [0.1, 0.15) is 19.3 Å². The largest absolute Gasteiger partial charge is 0.396 e. The highest BCUT2D eigenvalue weighted by atomic mass is 32.2. The van der Waals surface area contributed by atoms with E-state index in [0.29, 0.717) is 23.4 Å². The van der Waals surface area contributed by atoms with Gasteiger partial charge in [0.25, 0.3) is 0 Å². The van der Waals surface area contributed by atoms with Crippen molar-refractivity contribution in [2.75, 3.05) is 23.8 Å². The molecular weight excluding hydrogens is 316 g/mol. The third kappa shape index (κ3) is 3.40. The Bertz CT molecular complexity index is 692. The molecule has 23 heavy (non-hydrogen) atoms. The Morgan fingerprint density at radius 1 is 1.39 bits per heavy atom. The van der Waals surface area contributed by atoms with E-state index in [1.807, 2.05) is 11.8 Å². The van der Waals surface area contributed by atoms with Gasteiger partial charge in [-0.15, -0.1) is 0 Å². The summed E-state index contributed by atoms with van der Waals surface area (Å²) >= 11 is 1.88. The molecule has 2 aromatic rings. The molecule has 0 unspecified atom stereocenters. The number of nitrogens with one attached hydrogen (secondary N) is 1. The molecule has 0 spiro atoms. The second kappa shape index (κ2) is 6.71. The second-order valence-corrected chi connectivity index (χ2v) is 6.94. The molecule has 0 atom stereocenters. The summed E-state index contributed by atoms with van der Waals surface area (Å²) in [5, 5.41) is 12.4. The first-order valence-electron chi connectivity index (χ1n) is 7.54. The standard InChI is InChI=1S/C14H20N6O2S/c15-12-11-13(17-8-16-12)20(9-18-11)7-10(22)19-14(1-4-21)2-5-23-6-3-14/h8-9,21H,1-7H2,(H,19,22)(H2,15,16,17). The fourth-order valence-corrected chi connectivity index (χ4v) is 4.19. The molecule has 0 radical (unpaired) electrons. The Hall–Kier alpha value is -1.87. The molecule has 3 heterocycles. The molecule has 2 aromatic heterocycles. The second-order valence-electron chi connectivity index (χ2n) is 5.72. The number of carbonyl (C=O) groups excluding carboxylic acids is 1. The zero-order valence-electron chi connectivity index (χ0n) is 12.7. The van der Waals surface area contributed by atoms with Crippen LogP contribution in [0.3, 0.4) is 0 Å². The first kappa shape index (κ1) is 16.0. The summed E-state index contributed by atoms with van der Waals surface area (Å²) in [5.74, 6) is 2.19. The van der Waals surface area contributed by atoms with Crippen LogP contribution in [-0.2, 0) is 11.3 Å². The van der Waals surface area contributed by atoms with E-state index in [9.17, 15) is 9.90 Å². The molecule has 8 nitrogen and oxygen atoms in total. The lowest BCUT2D eigenvalue weighted by Gasteiger charge is -2.37. The number of hydrogen-bond acceptors (Lipinski definition) is 7. The van der Waals surface area contributed by atoms with E-state index < -0.39 is 0 Å². The number of amides is 1. The number of aliphatic hydroxyl groups is 1. The highest BCUT2D eigenvalue weighted by Gasteiger charge is 2.33. The summed E-state index contributed by atoms with van der Waals surface area (Å²) in [6, 6.07) is 0. The van der Waals surface area contributed by atoms with Gasteiger partial charge in [-0.3, -0.25) is 4.79 Å². The van der Waals surface area contributed by atoms with Gasteiger partial charge in [-0.2, -0.15) is 11.8 Å². The SMILES string of the molecule is Nc1ncnc2c1ncn2CC(=O)NC1(CCO)CCSCC1. The first-order chi connectivity index (χ1) is 11.1. The zero-order chi connectivity index (χ0) is 16.3. The molecule has 1 aliphatic rings. The van der Waals surface area contributed by atoms with Crippen LogP contribution in [0.2, 0.25) is 0 Å². The fourth-order valence-electron chi connectivity index (χ4n) is 2.92. The summed E-state index contributed by atoms with van der Waals surface area (Å²) in [6.45, 7) is 0.190. The highest BCUT2D eigenvalue weighted by Crippen LogP contribution is 2.29. The fraction of sp³-hybridized carbons (Fsp3) is 0.571. The lowest BCUT2D eigenvalue weighted by molar-refractivity contribution is -0.123. The van der Waals surface area contributed by atoms with Crippen molar-refractivity contribution < 1.29 is 9.90 Å². The van der Waals surface area contributed by atoms with Crippen LogP contribution in [0.4, 0.5) is 5.82 Å². The molecule has 0 aromatic carbocycles. The maximum atomic E-state index is 12.5. The number of carbonyl (C=O) groups is 1. The average molecular weight is 336 g/mol. The normalized spacial score (nSPS) is 17.3. The van der Waals surface area contributed by atoms with Gasteiger partial charge in [-0.05, 0) is 30.8 Å². The van der Waals surface area contributed by atoms with Crippen LogP contribution in [0.25, 0.3) is 11.2 Å². The molecule has 0 saturated carbocycles. The van der Waals surface area contributed by atoms with Gasteiger partial charge in [0.2, 0.25) is 5.91 Å². The Morgan fingerprint density at radius 3 is 2.91 bits per heavy atom. The van der Waals surface area contributed by atoms with Gasteiger partial charge in [-0.25, -0.2) is 15.0 Å². The summed E-state index contributed by atoms with van der Waals surface area (Å²) in [7, 11) is 0. The summed E-state index contributed by atoms with van der Waals surface area (Å²) in [5.41, 5.74) is 6.49. The van der Waals surface area contributed by atoms with Crippen molar-refractivity contribution in [1.82, 2.24) is 24.8 Å². The molecule has 1 saturated heterocycles. The number of rotatable bonds is 5. The predicted molar refractivity (Wildman–Crippen MR) is 88.9 cm³/mol. The van der Waals surface area contributed by atoms with Crippen molar-refractivity contribution >= 4 is 34.7 Å². The molecule has 3 rings (SSSR count). The molecule has 9 heteroatoms. The van der Waals surface area contributed by atoms with Crippen LogP contribution in [0.5, 0.6) is 0 Å². The molecule has 0 bridgehead atoms. The molecular formula is C14H20N6O2S. The van der Waals surface area contributed by atoms with E-state index in [4.69, 9.17) is 5.73 Å². The Balaban J connectivity index is 1.74. The number of nitrogen functional groups attached to an aromatic ring is 1. The summed E-state index contributed by atoms with van der Waals surface area (Å²) in [6.07, 6.45) is 5.25. The third-order valence-corrected chi connectivity index (χ3v) is 5.17. The van der Waals surface area contributed by atoms with E-state index in [1.54, 1.807) is 10.9 Å². The van der Waals surface area contributed by atoms with Gasteiger partial charge in [-0.1, -0.05) is 0 Å². The number of imidazole rings is 1. The third-order valence-electron chi connectivity index (χ3n) is 4.19.